The van der Waals surface area contributed by atoms with Crippen LogP contribution in [0.2, 0.25) is 0 Å². The van der Waals surface area contributed by atoms with Gasteiger partial charge in [-0.2, -0.15) is 5.10 Å². The molecule has 2 aliphatic carbocycles. The van der Waals surface area contributed by atoms with E-state index >= 15 is 0 Å². The molecule has 0 spiro atoms. The van der Waals surface area contributed by atoms with Gasteiger partial charge in [-0.25, -0.2) is 0 Å². The van der Waals surface area contributed by atoms with Crippen LogP contribution in [0.5, 0.6) is 0 Å². The number of hydrogen-bond acceptors (Lipinski definition) is 2. The summed E-state index contributed by atoms with van der Waals surface area (Å²) in [4.78, 5) is 0. The van der Waals surface area contributed by atoms with Crippen molar-refractivity contribution < 1.29 is 0 Å². The Morgan fingerprint density at radius 1 is 1.05 bits per heavy atom. The van der Waals surface area contributed by atoms with E-state index < -0.39 is 0 Å². The number of rotatable bonds is 5. The van der Waals surface area contributed by atoms with Gasteiger partial charge < -0.3 is 5.32 Å². The molecule has 0 aliphatic heterocycles. The lowest BCUT2D eigenvalue weighted by atomic mass is 9.79. The highest BCUT2D eigenvalue weighted by Crippen LogP contribution is 2.38. The molecule has 0 bridgehead atoms. The zero-order valence-electron chi connectivity index (χ0n) is 11.7. The first kappa shape index (κ1) is 12.2. The van der Waals surface area contributed by atoms with Gasteiger partial charge in [-0.05, 0) is 37.2 Å². The zero-order chi connectivity index (χ0) is 13.4. The van der Waals surface area contributed by atoms with Gasteiger partial charge in [0.05, 0.1) is 12.2 Å². The summed E-state index contributed by atoms with van der Waals surface area (Å²) in [6.07, 6.45) is 9.56. The third-order valence-corrected chi connectivity index (χ3v) is 4.67. The normalized spacial score (nSPS) is 25.4. The zero-order valence-corrected chi connectivity index (χ0v) is 11.7. The standard InChI is InChI=1S/C17H21N3/c1-2-4-13(5-3-1)15-11-19-20(12-15)17-9-6-14(17)10-18-16-7-8-16/h1-5,11-12,14,16-18H,6-10H2. The van der Waals surface area contributed by atoms with Crippen molar-refractivity contribution in [1.29, 1.82) is 0 Å². The van der Waals surface area contributed by atoms with Crippen molar-refractivity contribution in [1.82, 2.24) is 15.1 Å². The van der Waals surface area contributed by atoms with E-state index in [0.29, 0.717) is 6.04 Å². The minimum absolute atomic E-state index is 0.596. The molecule has 0 saturated heterocycles. The van der Waals surface area contributed by atoms with E-state index in [0.717, 1.165) is 18.5 Å². The lowest BCUT2D eigenvalue weighted by Gasteiger charge is -2.37. The minimum atomic E-state index is 0.596. The SMILES string of the molecule is c1ccc(-c2cnn(C3CCC3CNC3CC3)c2)cc1. The van der Waals surface area contributed by atoms with Gasteiger partial charge in [-0.1, -0.05) is 30.3 Å². The average molecular weight is 267 g/mol. The van der Waals surface area contributed by atoms with Crippen molar-refractivity contribution in [3.05, 3.63) is 42.7 Å². The summed E-state index contributed by atoms with van der Waals surface area (Å²) in [6.45, 7) is 1.16. The number of aromatic nitrogens is 2. The van der Waals surface area contributed by atoms with E-state index in [9.17, 15) is 0 Å². The highest BCUT2D eigenvalue weighted by atomic mass is 15.3. The van der Waals surface area contributed by atoms with Crippen LogP contribution in [-0.2, 0) is 0 Å². The minimum Gasteiger partial charge on any atom is -0.314 e. The van der Waals surface area contributed by atoms with Gasteiger partial charge in [-0.3, -0.25) is 4.68 Å². The lowest BCUT2D eigenvalue weighted by molar-refractivity contribution is 0.162. The van der Waals surface area contributed by atoms with E-state index in [4.69, 9.17) is 0 Å². The second-order valence-electron chi connectivity index (χ2n) is 6.16. The summed E-state index contributed by atoms with van der Waals surface area (Å²) in [7, 11) is 0. The molecule has 1 heterocycles. The molecule has 0 radical (unpaired) electrons. The van der Waals surface area contributed by atoms with Crippen LogP contribution in [0.4, 0.5) is 0 Å². The summed E-state index contributed by atoms with van der Waals surface area (Å²) in [5.74, 6) is 0.763. The Bertz CT molecular complexity index is 571. The molecule has 0 amide bonds. The average Bonchev–Trinajstić information content (AvgIpc) is 3.16. The Balaban J connectivity index is 1.45. The van der Waals surface area contributed by atoms with Crippen molar-refractivity contribution >= 4 is 0 Å². The molecule has 4 rings (SSSR count). The Hall–Kier alpha value is -1.61. The van der Waals surface area contributed by atoms with Crippen molar-refractivity contribution in [2.45, 2.75) is 37.8 Å². The summed E-state index contributed by atoms with van der Waals surface area (Å²) >= 11 is 0. The maximum absolute atomic E-state index is 4.60. The molecule has 2 saturated carbocycles. The second-order valence-corrected chi connectivity index (χ2v) is 6.16. The molecule has 3 nitrogen and oxygen atoms in total. The van der Waals surface area contributed by atoms with Crippen molar-refractivity contribution in [3.63, 3.8) is 0 Å². The molecule has 2 aliphatic rings. The van der Waals surface area contributed by atoms with E-state index in [-0.39, 0.29) is 0 Å². The van der Waals surface area contributed by atoms with Crippen LogP contribution in [0.25, 0.3) is 11.1 Å². The molecular formula is C17H21N3. The van der Waals surface area contributed by atoms with E-state index in [2.05, 4.69) is 51.6 Å². The smallest absolute Gasteiger partial charge is 0.0568 e. The molecule has 2 unspecified atom stereocenters. The largest absolute Gasteiger partial charge is 0.314 e. The quantitative estimate of drug-likeness (QED) is 0.901. The maximum Gasteiger partial charge on any atom is 0.0568 e. The van der Waals surface area contributed by atoms with Crippen LogP contribution in [0.3, 0.4) is 0 Å². The lowest BCUT2D eigenvalue weighted by Crippen LogP contribution is -2.37. The van der Waals surface area contributed by atoms with Gasteiger partial charge in [-0.15, -0.1) is 0 Å². The van der Waals surface area contributed by atoms with Gasteiger partial charge in [0.1, 0.15) is 0 Å². The molecule has 3 heteroatoms. The third-order valence-electron chi connectivity index (χ3n) is 4.67. The second kappa shape index (κ2) is 5.06. The monoisotopic (exact) mass is 267 g/mol. The van der Waals surface area contributed by atoms with Gasteiger partial charge in [0.2, 0.25) is 0 Å². The van der Waals surface area contributed by atoms with Gasteiger partial charge in [0.15, 0.2) is 0 Å². The first-order valence-corrected chi connectivity index (χ1v) is 7.73. The molecule has 1 aromatic carbocycles. The number of nitrogens with one attached hydrogen (secondary N) is 1. The van der Waals surface area contributed by atoms with Crippen LogP contribution >= 0.6 is 0 Å². The Morgan fingerprint density at radius 2 is 1.90 bits per heavy atom. The predicted octanol–water partition coefficient (Wildman–Crippen LogP) is 3.25. The maximum atomic E-state index is 4.60. The van der Waals surface area contributed by atoms with Gasteiger partial charge >= 0.3 is 0 Å². The van der Waals surface area contributed by atoms with Gasteiger partial charge in [0.25, 0.3) is 0 Å². The van der Waals surface area contributed by atoms with Crippen LogP contribution < -0.4 is 5.32 Å². The first-order valence-electron chi connectivity index (χ1n) is 7.73. The van der Waals surface area contributed by atoms with Crippen LogP contribution in [0.1, 0.15) is 31.7 Å². The van der Waals surface area contributed by atoms with Crippen molar-refractivity contribution in [2.24, 2.45) is 5.92 Å². The highest BCUT2D eigenvalue weighted by Gasteiger charge is 2.34. The van der Waals surface area contributed by atoms with E-state index in [1.165, 1.54) is 36.8 Å². The predicted molar refractivity (Wildman–Crippen MR) is 80.4 cm³/mol. The molecular weight excluding hydrogens is 246 g/mol. The number of nitrogens with zero attached hydrogens (tertiary/aromatic N) is 2. The molecule has 1 aromatic heterocycles. The Labute approximate surface area is 120 Å². The topological polar surface area (TPSA) is 29.9 Å². The van der Waals surface area contributed by atoms with Gasteiger partial charge in [0, 0.05) is 24.3 Å². The highest BCUT2D eigenvalue weighted by molar-refractivity contribution is 5.61. The molecule has 2 fully saturated rings. The van der Waals surface area contributed by atoms with E-state index in [1.54, 1.807) is 0 Å². The van der Waals surface area contributed by atoms with Crippen LogP contribution in [-0.4, -0.2) is 22.4 Å². The molecule has 1 N–H and O–H groups in total. The molecule has 20 heavy (non-hydrogen) atoms. The molecule has 2 aromatic rings. The first-order chi connectivity index (χ1) is 9.90. The fraction of sp³-hybridized carbons (Fsp3) is 0.471. The van der Waals surface area contributed by atoms with Crippen LogP contribution in [0, 0.1) is 5.92 Å². The summed E-state index contributed by atoms with van der Waals surface area (Å²) in [5.41, 5.74) is 2.48. The summed E-state index contributed by atoms with van der Waals surface area (Å²) in [5, 5.41) is 8.25. The van der Waals surface area contributed by atoms with E-state index in [1.807, 2.05) is 6.20 Å². The fourth-order valence-electron chi connectivity index (χ4n) is 3.04. The molecule has 104 valence electrons. The Morgan fingerprint density at radius 3 is 2.60 bits per heavy atom. The number of hydrogen-bond donors (Lipinski definition) is 1. The Kier molecular flexibility index (Phi) is 3.07. The number of benzene rings is 1. The molecule has 2 atom stereocenters. The summed E-state index contributed by atoms with van der Waals surface area (Å²) in [6, 6.07) is 11.9. The summed E-state index contributed by atoms with van der Waals surface area (Å²) < 4.78 is 2.19. The third kappa shape index (κ3) is 2.38. The van der Waals surface area contributed by atoms with Crippen LogP contribution in [0.15, 0.2) is 42.7 Å². The fourth-order valence-corrected chi connectivity index (χ4v) is 3.04. The van der Waals surface area contributed by atoms with Crippen molar-refractivity contribution in [2.75, 3.05) is 6.54 Å². The van der Waals surface area contributed by atoms with Crippen molar-refractivity contribution in [3.8, 4) is 11.1 Å².